The Kier molecular flexibility index (Phi) is 4.38. The van der Waals surface area contributed by atoms with E-state index in [0.717, 1.165) is 5.69 Å². The Bertz CT molecular complexity index is 921. The highest BCUT2D eigenvalue weighted by Crippen LogP contribution is 2.25. The van der Waals surface area contributed by atoms with Crippen LogP contribution in [0.2, 0.25) is 0 Å². The van der Waals surface area contributed by atoms with Crippen molar-refractivity contribution in [1.29, 1.82) is 0 Å². The van der Waals surface area contributed by atoms with E-state index in [1.165, 1.54) is 11.9 Å². The van der Waals surface area contributed by atoms with Gasteiger partial charge in [-0.2, -0.15) is 0 Å². The summed E-state index contributed by atoms with van der Waals surface area (Å²) in [5.41, 5.74) is 3.58. The van der Waals surface area contributed by atoms with E-state index in [1.54, 1.807) is 6.20 Å². The fourth-order valence-electron chi connectivity index (χ4n) is 3.32. The van der Waals surface area contributed by atoms with Crippen LogP contribution in [-0.2, 0) is 4.74 Å². The quantitative estimate of drug-likeness (QED) is 0.778. The van der Waals surface area contributed by atoms with E-state index >= 15 is 0 Å². The normalized spacial score (nSPS) is 20.3. The number of hydrogen-bond donors (Lipinski definition) is 1. The Labute approximate surface area is 152 Å². The van der Waals surface area contributed by atoms with Crippen molar-refractivity contribution in [2.45, 2.75) is 32.9 Å². The number of fused-ring (bicyclic) bond motifs is 1. The lowest BCUT2D eigenvalue weighted by Crippen LogP contribution is -2.50. The van der Waals surface area contributed by atoms with Gasteiger partial charge in [0.15, 0.2) is 5.82 Å². The second-order valence-electron chi connectivity index (χ2n) is 6.76. The average Bonchev–Trinajstić information content (AvgIpc) is 2.62. The fourth-order valence-corrected chi connectivity index (χ4v) is 3.32. The number of nitrogens with zero attached hydrogens (tertiary/aromatic N) is 5. The number of hydrogen-bond acceptors (Lipinski definition) is 7. The van der Waals surface area contributed by atoms with Gasteiger partial charge in [0.25, 0.3) is 0 Å². The topological polar surface area (TPSA) is 76.1 Å². The summed E-state index contributed by atoms with van der Waals surface area (Å²) in [6.45, 7) is 7.65. The maximum Gasteiger partial charge on any atom is 0.226 e. The average molecular weight is 350 g/mol. The van der Waals surface area contributed by atoms with Crippen LogP contribution in [-0.4, -0.2) is 45.2 Å². The monoisotopic (exact) mass is 350 g/mol. The lowest BCUT2D eigenvalue weighted by Gasteiger charge is -2.38. The van der Waals surface area contributed by atoms with Crippen LogP contribution in [0.25, 0.3) is 11.0 Å². The molecule has 3 heterocycles. The largest absolute Gasteiger partial charge is 0.377 e. The summed E-state index contributed by atoms with van der Waals surface area (Å²) in [5.74, 6) is 1.36. The lowest BCUT2D eigenvalue weighted by atomic mass is 10.2. The first-order valence-corrected chi connectivity index (χ1v) is 8.79. The summed E-state index contributed by atoms with van der Waals surface area (Å²) in [6.07, 6.45) is 3.29. The molecule has 26 heavy (non-hydrogen) atoms. The molecule has 0 saturated carbocycles. The molecule has 3 aromatic rings. The summed E-state index contributed by atoms with van der Waals surface area (Å²) in [7, 11) is 0. The molecule has 1 saturated heterocycles. The summed E-state index contributed by atoms with van der Waals surface area (Å²) in [5, 5.41) is 3.36. The number of nitrogens with one attached hydrogen (secondary N) is 1. The molecular weight excluding hydrogens is 328 g/mol. The molecule has 2 unspecified atom stereocenters. The van der Waals surface area contributed by atoms with Gasteiger partial charge < -0.3 is 15.0 Å². The minimum atomic E-state index is 0.217. The van der Waals surface area contributed by atoms with E-state index < -0.39 is 0 Å². The number of benzene rings is 1. The number of anilines is 3. The van der Waals surface area contributed by atoms with Crippen molar-refractivity contribution in [2.24, 2.45) is 0 Å². The van der Waals surface area contributed by atoms with E-state index in [1.807, 2.05) is 12.1 Å². The summed E-state index contributed by atoms with van der Waals surface area (Å²) >= 11 is 0. The lowest BCUT2D eigenvalue weighted by molar-refractivity contribution is 0.0747. The molecule has 4 rings (SSSR count). The first-order chi connectivity index (χ1) is 12.6. The zero-order valence-electron chi connectivity index (χ0n) is 15.2. The predicted octanol–water partition coefficient (Wildman–Crippen LogP) is 3.09. The standard InChI is InChI=1S/C19H22N6O/c1-12-5-4-6-15(7-12)23-18-17-16(21-11-22-18)8-20-19(24-17)25-13(2)9-26-10-14(25)3/h4-8,11,13-14H,9-10H2,1-3H3,(H,21,22,23). The fraction of sp³-hybridized carbons (Fsp3) is 0.368. The molecule has 0 radical (unpaired) electrons. The molecule has 7 heteroatoms. The Morgan fingerprint density at radius 2 is 1.92 bits per heavy atom. The van der Waals surface area contributed by atoms with E-state index in [0.29, 0.717) is 36.0 Å². The van der Waals surface area contributed by atoms with Crippen molar-refractivity contribution in [3.63, 3.8) is 0 Å². The van der Waals surface area contributed by atoms with Crippen molar-refractivity contribution in [3.8, 4) is 0 Å². The number of rotatable bonds is 3. The van der Waals surface area contributed by atoms with Gasteiger partial charge in [-0.25, -0.2) is 19.9 Å². The molecule has 1 aromatic carbocycles. The molecule has 2 atom stereocenters. The van der Waals surface area contributed by atoms with Crippen LogP contribution < -0.4 is 10.2 Å². The van der Waals surface area contributed by atoms with Crippen LogP contribution in [0, 0.1) is 6.92 Å². The number of aromatic nitrogens is 4. The highest BCUT2D eigenvalue weighted by molar-refractivity contribution is 5.87. The SMILES string of the molecule is Cc1cccc(Nc2ncnc3cnc(N4C(C)COCC4C)nc23)c1. The van der Waals surface area contributed by atoms with Crippen molar-refractivity contribution < 1.29 is 4.74 Å². The number of ether oxygens (including phenoxy) is 1. The molecule has 2 aromatic heterocycles. The minimum absolute atomic E-state index is 0.217. The Morgan fingerprint density at radius 1 is 1.12 bits per heavy atom. The number of morpholine rings is 1. The van der Waals surface area contributed by atoms with Crippen molar-refractivity contribution >= 4 is 28.5 Å². The Balaban J connectivity index is 1.74. The van der Waals surface area contributed by atoms with Crippen molar-refractivity contribution in [1.82, 2.24) is 19.9 Å². The van der Waals surface area contributed by atoms with E-state index in [9.17, 15) is 0 Å². The van der Waals surface area contributed by atoms with Gasteiger partial charge in [-0.1, -0.05) is 12.1 Å². The van der Waals surface area contributed by atoms with Gasteiger partial charge in [-0.3, -0.25) is 0 Å². The van der Waals surface area contributed by atoms with E-state index in [-0.39, 0.29) is 12.1 Å². The molecule has 0 amide bonds. The maximum absolute atomic E-state index is 5.61. The Hall–Kier alpha value is -2.80. The van der Waals surface area contributed by atoms with Crippen LogP contribution in [0.15, 0.2) is 36.8 Å². The molecule has 0 spiro atoms. The van der Waals surface area contributed by atoms with Gasteiger partial charge in [0, 0.05) is 5.69 Å². The zero-order valence-corrected chi connectivity index (χ0v) is 15.2. The highest BCUT2D eigenvalue weighted by atomic mass is 16.5. The van der Waals surface area contributed by atoms with Gasteiger partial charge in [0.1, 0.15) is 17.4 Å². The van der Waals surface area contributed by atoms with Crippen molar-refractivity contribution in [2.75, 3.05) is 23.4 Å². The summed E-state index contributed by atoms with van der Waals surface area (Å²) in [6, 6.07) is 8.59. The third-order valence-corrected chi connectivity index (χ3v) is 4.54. The van der Waals surface area contributed by atoms with Gasteiger partial charge in [0.2, 0.25) is 5.95 Å². The van der Waals surface area contributed by atoms with Gasteiger partial charge in [0.05, 0.1) is 31.5 Å². The second kappa shape index (κ2) is 6.84. The molecule has 1 aliphatic rings. The highest BCUT2D eigenvalue weighted by Gasteiger charge is 2.28. The third kappa shape index (κ3) is 3.17. The summed E-state index contributed by atoms with van der Waals surface area (Å²) < 4.78 is 5.61. The zero-order chi connectivity index (χ0) is 18.1. The molecule has 1 aliphatic heterocycles. The van der Waals surface area contributed by atoms with Gasteiger partial charge in [-0.05, 0) is 38.5 Å². The molecule has 0 bridgehead atoms. The van der Waals surface area contributed by atoms with Crippen LogP contribution in [0.3, 0.4) is 0 Å². The first kappa shape index (κ1) is 16.7. The smallest absolute Gasteiger partial charge is 0.226 e. The molecule has 0 aliphatic carbocycles. The van der Waals surface area contributed by atoms with Crippen LogP contribution in [0.1, 0.15) is 19.4 Å². The molecular formula is C19H22N6O. The number of aryl methyl sites for hydroxylation is 1. The van der Waals surface area contributed by atoms with Crippen LogP contribution in [0.5, 0.6) is 0 Å². The van der Waals surface area contributed by atoms with Crippen molar-refractivity contribution in [3.05, 3.63) is 42.4 Å². The van der Waals surface area contributed by atoms with Gasteiger partial charge in [-0.15, -0.1) is 0 Å². The molecule has 134 valence electrons. The minimum Gasteiger partial charge on any atom is -0.377 e. The van der Waals surface area contributed by atoms with Gasteiger partial charge >= 0.3 is 0 Å². The molecule has 1 N–H and O–H groups in total. The maximum atomic E-state index is 5.61. The molecule has 7 nitrogen and oxygen atoms in total. The molecule has 1 fully saturated rings. The van der Waals surface area contributed by atoms with E-state index in [4.69, 9.17) is 9.72 Å². The van der Waals surface area contributed by atoms with Crippen LogP contribution >= 0.6 is 0 Å². The third-order valence-electron chi connectivity index (χ3n) is 4.54. The Morgan fingerprint density at radius 3 is 2.69 bits per heavy atom. The van der Waals surface area contributed by atoms with Crippen LogP contribution in [0.4, 0.5) is 17.5 Å². The second-order valence-corrected chi connectivity index (χ2v) is 6.76. The predicted molar refractivity (Wildman–Crippen MR) is 102 cm³/mol. The van der Waals surface area contributed by atoms with E-state index in [2.05, 4.69) is 58.1 Å². The summed E-state index contributed by atoms with van der Waals surface area (Å²) in [4.78, 5) is 20.2. The first-order valence-electron chi connectivity index (χ1n) is 8.79.